The third kappa shape index (κ3) is 5.06. The van der Waals surface area contributed by atoms with E-state index in [4.69, 9.17) is 4.74 Å². The maximum absolute atomic E-state index is 13.4. The van der Waals surface area contributed by atoms with Crippen LogP contribution in [0.1, 0.15) is 61.5 Å². The summed E-state index contributed by atoms with van der Waals surface area (Å²) in [7, 11) is 0. The Morgan fingerprint density at radius 2 is 1.95 bits per heavy atom. The van der Waals surface area contributed by atoms with E-state index in [1.165, 1.54) is 0 Å². The average Bonchev–Trinajstić information content (AvgIpc) is 3.58. The van der Waals surface area contributed by atoms with Crippen LogP contribution >= 0.6 is 0 Å². The predicted molar refractivity (Wildman–Crippen MR) is 141 cm³/mol. The van der Waals surface area contributed by atoms with E-state index in [-0.39, 0.29) is 29.8 Å². The van der Waals surface area contributed by atoms with Gasteiger partial charge in [-0.15, -0.1) is 0 Å². The summed E-state index contributed by atoms with van der Waals surface area (Å²) in [4.78, 5) is 27.4. The molecule has 0 radical (unpaired) electrons. The van der Waals surface area contributed by atoms with Gasteiger partial charge in [0, 0.05) is 24.6 Å². The topological polar surface area (TPSA) is 94.5 Å². The molecule has 0 unspecified atom stereocenters. The molecular weight excluding hydrogens is 464 g/mol. The Labute approximate surface area is 218 Å². The maximum atomic E-state index is 13.4. The number of piperidine rings is 1. The molecule has 192 valence electrons. The Morgan fingerprint density at radius 3 is 2.65 bits per heavy atom. The smallest absolute Gasteiger partial charge is 0.251 e. The highest BCUT2D eigenvalue weighted by Crippen LogP contribution is 2.45. The van der Waals surface area contributed by atoms with Gasteiger partial charge in [-0.1, -0.05) is 36.4 Å². The number of carbonyl (C=O) groups is 2. The number of amides is 2. The molecule has 7 nitrogen and oxygen atoms in total. The molecule has 4 atom stereocenters. The first-order valence-electron chi connectivity index (χ1n) is 13.0. The summed E-state index contributed by atoms with van der Waals surface area (Å²) in [6.07, 6.45) is 3.40. The molecule has 1 aliphatic carbocycles. The molecule has 2 N–H and O–H groups in total. The molecule has 7 heteroatoms. The van der Waals surface area contributed by atoms with Gasteiger partial charge in [0.1, 0.15) is 17.7 Å². The van der Waals surface area contributed by atoms with E-state index in [1.54, 1.807) is 0 Å². The van der Waals surface area contributed by atoms with Crippen LogP contribution < -0.4 is 10.6 Å². The second-order valence-electron chi connectivity index (χ2n) is 11.3. The molecule has 0 spiro atoms. The number of nitrogens with one attached hydrogen (secondary N) is 2. The van der Waals surface area contributed by atoms with Crippen molar-refractivity contribution in [2.24, 2.45) is 5.92 Å². The van der Waals surface area contributed by atoms with E-state index in [9.17, 15) is 14.9 Å². The van der Waals surface area contributed by atoms with Gasteiger partial charge in [-0.05, 0) is 80.9 Å². The van der Waals surface area contributed by atoms with Crippen molar-refractivity contribution in [3.05, 3.63) is 71.6 Å². The number of hydrogen-bond acceptors (Lipinski definition) is 5. The number of carbonyl (C=O) groups excluding carboxylic acids is 2. The maximum Gasteiger partial charge on any atom is 0.251 e. The third-order valence-electron chi connectivity index (χ3n) is 7.56. The van der Waals surface area contributed by atoms with Crippen LogP contribution in [0.2, 0.25) is 0 Å². The lowest BCUT2D eigenvalue weighted by atomic mass is 9.96. The van der Waals surface area contributed by atoms with Gasteiger partial charge in [0.15, 0.2) is 5.88 Å². The molecule has 2 fully saturated rings. The van der Waals surface area contributed by atoms with Crippen LogP contribution in [0.5, 0.6) is 0 Å². The largest absolute Gasteiger partial charge is 0.474 e. The molecule has 3 aliphatic rings. The molecule has 37 heavy (non-hydrogen) atoms. The lowest BCUT2D eigenvalue weighted by molar-refractivity contribution is -0.130. The van der Waals surface area contributed by atoms with Crippen molar-refractivity contribution in [1.29, 1.82) is 5.26 Å². The molecule has 2 amide bonds. The highest BCUT2D eigenvalue weighted by Gasteiger charge is 2.50. The molecule has 2 bridgehead atoms. The summed E-state index contributed by atoms with van der Waals surface area (Å²) in [5.41, 5.74) is 4.27. The number of likely N-dealkylation sites (tertiary alicyclic amines) is 1. The molecule has 5 rings (SSSR count). The van der Waals surface area contributed by atoms with Crippen molar-refractivity contribution in [2.75, 3.05) is 0 Å². The third-order valence-corrected chi connectivity index (χ3v) is 7.56. The van der Waals surface area contributed by atoms with Gasteiger partial charge in [0.05, 0.1) is 6.07 Å². The average molecular weight is 499 g/mol. The zero-order valence-corrected chi connectivity index (χ0v) is 21.7. The second kappa shape index (κ2) is 9.59. The molecule has 0 aromatic heterocycles. The van der Waals surface area contributed by atoms with Crippen LogP contribution in [0.4, 0.5) is 0 Å². The number of fused-ring (bicyclic) bond motifs is 3. The lowest BCUT2D eigenvalue weighted by Crippen LogP contribution is -2.52. The Kier molecular flexibility index (Phi) is 6.45. The Hall–Kier alpha value is -3.79. The standard InChI is InChI=1S/C30H34N4O3/c1-18(37-30(2,3)4)34-25-12-11-22(14-25)27(34)29(36)33-24(16-31)13-19-5-7-20(8-6-19)21-9-10-23-17-32-28(35)26(23)15-21/h5-10,15,22,24-25,27H,1,11-14,17H2,2-4H3,(H,32,35)(H,33,36)/t22-,24-,25+,27-/m0/s1. The molecule has 2 aliphatic heterocycles. The zero-order valence-electron chi connectivity index (χ0n) is 21.7. The number of rotatable bonds is 7. The first kappa shape index (κ1) is 24.9. The summed E-state index contributed by atoms with van der Waals surface area (Å²) in [5, 5.41) is 15.7. The van der Waals surface area contributed by atoms with Gasteiger partial charge in [-0.2, -0.15) is 5.26 Å². The number of ether oxygens (including phenoxy) is 1. The van der Waals surface area contributed by atoms with E-state index in [0.717, 1.165) is 47.1 Å². The van der Waals surface area contributed by atoms with Crippen LogP contribution in [-0.4, -0.2) is 40.4 Å². The van der Waals surface area contributed by atoms with Crippen LogP contribution in [-0.2, 0) is 22.5 Å². The first-order valence-corrected chi connectivity index (χ1v) is 13.0. The normalized spacial score (nSPS) is 22.7. The molecular formula is C30H34N4O3. The number of benzene rings is 2. The summed E-state index contributed by atoms with van der Waals surface area (Å²) in [6.45, 7) is 10.6. The van der Waals surface area contributed by atoms with Crippen molar-refractivity contribution in [3.63, 3.8) is 0 Å². The van der Waals surface area contributed by atoms with Crippen molar-refractivity contribution in [3.8, 4) is 17.2 Å². The second-order valence-corrected chi connectivity index (χ2v) is 11.3. The van der Waals surface area contributed by atoms with Crippen LogP contribution in [0.25, 0.3) is 11.1 Å². The fourth-order valence-corrected chi connectivity index (χ4v) is 5.94. The monoisotopic (exact) mass is 498 g/mol. The molecule has 2 aromatic rings. The van der Waals surface area contributed by atoms with Gasteiger partial charge in [0.2, 0.25) is 5.91 Å². The Morgan fingerprint density at radius 1 is 1.22 bits per heavy atom. The van der Waals surface area contributed by atoms with Gasteiger partial charge in [-0.3, -0.25) is 9.59 Å². The van der Waals surface area contributed by atoms with Crippen LogP contribution in [0.3, 0.4) is 0 Å². The van der Waals surface area contributed by atoms with Gasteiger partial charge in [0.25, 0.3) is 5.91 Å². The Balaban J connectivity index is 1.25. The number of nitrogens with zero attached hydrogens (tertiary/aromatic N) is 2. The lowest BCUT2D eigenvalue weighted by Gasteiger charge is -2.39. The predicted octanol–water partition coefficient (Wildman–Crippen LogP) is 4.29. The van der Waals surface area contributed by atoms with Crippen molar-refractivity contribution in [2.45, 2.75) is 76.7 Å². The molecule has 2 heterocycles. The zero-order chi connectivity index (χ0) is 26.3. The molecule has 1 saturated carbocycles. The quantitative estimate of drug-likeness (QED) is 0.556. The summed E-state index contributed by atoms with van der Waals surface area (Å²) < 4.78 is 6.02. The van der Waals surface area contributed by atoms with Gasteiger partial charge < -0.3 is 20.3 Å². The van der Waals surface area contributed by atoms with Crippen molar-refractivity contribution < 1.29 is 14.3 Å². The van der Waals surface area contributed by atoms with Gasteiger partial charge >= 0.3 is 0 Å². The number of hydrogen-bond donors (Lipinski definition) is 2. The number of nitriles is 1. The fraction of sp³-hybridized carbons (Fsp3) is 0.433. The minimum atomic E-state index is -0.639. The summed E-state index contributed by atoms with van der Waals surface area (Å²) >= 11 is 0. The van der Waals surface area contributed by atoms with E-state index in [2.05, 4.69) is 23.3 Å². The van der Waals surface area contributed by atoms with Crippen LogP contribution in [0.15, 0.2) is 54.9 Å². The fourth-order valence-electron chi connectivity index (χ4n) is 5.94. The van der Waals surface area contributed by atoms with Crippen LogP contribution in [0, 0.1) is 17.2 Å². The van der Waals surface area contributed by atoms with E-state index >= 15 is 0 Å². The molecule has 1 saturated heterocycles. The van der Waals surface area contributed by atoms with E-state index in [1.807, 2.05) is 68.1 Å². The first-order chi connectivity index (χ1) is 17.6. The Bertz CT molecular complexity index is 1270. The highest BCUT2D eigenvalue weighted by molar-refractivity contribution is 5.99. The van der Waals surface area contributed by atoms with Crippen molar-refractivity contribution in [1.82, 2.24) is 15.5 Å². The van der Waals surface area contributed by atoms with Crippen molar-refractivity contribution >= 4 is 11.8 Å². The van der Waals surface area contributed by atoms with E-state index < -0.39 is 11.6 Å². The SMILES string of the molecule is C=C(OC(C)(C)C)N1[C@@H]2CC[C@@H](C2)[C@H]1C(=O)N[C@H](C#N)Cc1ccc(-c2ccc3c(c2)C(=O)NC3)cc1. The van der Waals surface area contributed by atoms with E-state index in [0.29, 0.717) is 18.8 Å². The summed E-state index contributed by atoms with van der Waals surface area (Å²) in [5.74, 6) is 0.612. The van der Waals surface area contributed by atoms with Gasteiger partial charge in [-0.25, -0.2) is 0 Å². The highest BCUT2D eigenvalue weighted by atomic mass is 16.5. The minimum Gasteiger partial charge on any atom is -0.474 e. The summed E-state index contributed by atoms with van der Waals surface area (Å²) in [6, 6.07) is 15.4. The minimum absolute atomic E-state index is 0.0383. The molecule has 2 aromatic carbocycles.